The Labute approximate surface area is 111 Å². The molecule has 0 aliphatic heterocycles. The minimum atomic E-state index is -0.256. The molecule has 3 nitrogen and oxygen atoms in total. The molecular formula is C15H29NO2. The van der Waals surface area contributed by atoms with Crippen molar-refractivity contribution in [2.45, 2.75) is 70.6 Å². The van der Waals surface area contributed by atoms with Gasteiger partial charge in [0.2, 0.25) is 0 Å². The molecule has 106 valence electrons. The molecule has 4 atom stereocenters. The van der Waals surface area contributed by atoms with Crippen LogP contribution in [0, 0.1) is 11.8 Å². The van der Waals surface area contributed by atoms with E-state index in [4.69, 9.17) is 4.74 Å². The predicted molar refractivity (Wildman–Crippen MR) is 73.6 cm³/mol. The van der Waals surface area contributed by atoms with Crippen LogP contribution in [0.2, 0.25) is 0 Å². The monoisotopic (exact) mass is 255 g/mol. The molecule has 4 unspecified atom stereocenters. The fourth-order valence-corrected chi connectivity index (χ4v) is 2.80. The highest BCUT2D eigenvalue weighted by atomic mass is 16.5. The molecule has 3 heteroatoms. The van der Waals surface area contributed by atoms with Crippen LogP contribution in [-0.2, 0) is 4.74 Å². The SMILES string of the molecule is CC1CCC(OCC(C)(CO)NC2CC2)CC1C. The molecule has 2 fully saturated rings. The Morgan fingerprint density at radius 1 is 1.17 bits per heavy atom. The number of hydrogen-bond acceptors (Lipinski definition) is 3. The van der Waals surface area contributed by atoms with Crippen molar-refractivity contribution in [1.29, 1.82) is 0 Å². The van der Waals surface area contributed by atoms with Gasteiger partial charge in [0.05, 0.1) is 24.9 Å². The van der Waals surface area contributed by atoms with Crippen LogP contribution >= 0.6 is 0 Å². The summed E-state index contributed by atoms with van der Waals surface area (Å²) >= 11 is 0. The first-order valence-corrected chi connectivity index (χ1v) is 7.52. The third-order valence-electron chi connectivity index (χ3n) is 4.67. The highest BCUT2D eigenvalue weighted by Gasteiger charge is 2.33. The van der Waals surface area contributed by atoms with Crippen LogP contribution in [0.4, 0.5) is 0 Å². The number of rotatable bonds is 6. The summed E-state index contributed by atoms with van der Waals surface area (Å²) in [5.41, 5.74) is -0.256. The fraction of sp³-hybridized carbons (Fsp3) is 1.00. The predicted octanol–water partition coefficient (Wildman–Crippen LogP) is 2.33. The van der Waals surface area contributed by atoms with E-state index in [2.05, 4.69) is 26.1 Å². The normalized spacial score (nSPS) is 36.3. The Balaban J connectivity index is 1.75. The molecule has 2 aliphatic rings. The lowest BCUT2D eigenvalue weighted by atomic mass is 9.80. The van der Waals surface area contributed by atoms with Gasteiger partial charge >= 0.3 is 0 Å². The maximum absolute atomic E-state index is 9.54. The van der Waals surface area contributed by atoms with Gasteiger partial charge in [-0.3, -0.25) is 0 Å². The molecule has 0 aromatic heterocycles. The zero-order valence-corrected chi connectivity index (χ0v) is 12.1. The quantitative estimate of drug-likeness (QED) is 0.765. The van der Waals surface area contributed by atoms with Crippen LogP contribution in [0.1, 0.15) is 52.9 Å². The summed E-state index contributed by atoms with van der Waals surface area (Å²) in [6.07, 6.45) is 6.50. The number of ether oxygens (including phenoxy) is 1. The summed E-state index contributed by atoms with van der Waals surface area (Å²) in [4.78, 5) is 0. The molecule has 0 heterocycles. The van der Waals surface area contributed by atoms with E-state index in [0.29, 0.717) is 18.8 Å². The van der Waals surface area contributed by atoms with Crippen molar-refractivity contribution in [1.82, 2.24) is 5.32 Å². The summed E-state index contributed by atoms with van der Waals surface area (Å²) in [5, 5.41) is 13.0. The first kappa shape index (κ1) is 14.3. The van der Waals surface area contributed by atoms with Crippen molar-refractivity contribution >= 4 is 0 Å². The highest BCUT2D eigenvalue weighted by molar-refractivity contribution is 4.92. The summed E-state index contributed by atoms with van der Waals surface area (Å²) in [6.45, 7) is 7.52. The molecule has 2 aliphatic carbocycles. The average Bonchev–Trinajstić information content (AvgIpc) is 3.15. The van der Waals surface area contributed by atoms with Gasteiger partial charge in [-0.2, -0.15) is 0 Å². The van der Waals surface area contributed by atoms with Gasteiger partial charge < -0.3 is 15.2 Å². The molecule has 2 saturated carbocycles. The van der Waals surface area contributed by atoms with Crippen LogP contribution in [0.25, 0.3) is 0 Å². The van der Waals surface area contributed by atoms with E-state index < -0.39 is 0 Å². The molecule has 0 amide bonds. The second-order valence-corrected chi connectivity index (χ2v) is 6.84. The molecule has 0 spiro atoms. The van der Waals surface area contributed by atoms with E-state index in [1.165, 1.54) is 32.1 Å². The van der Waals surface area contributed by atoms with Crippen molar-refractivity contribution in [3.63, 3.8) is 0 Å². The van der Waals surface area contributed by atoms with E-state index in [0.717, 1.165) is 11.8 Å². The molecule has 0 aromatic carbocycles. The maximum Gasteiger partial charge on any atom is 0.0671 e. The van der Waals surface area contributed by atoms with Crippen molar-refractivity contribution in [2.24, 2.45) is 11.8 Å². The van der Waals surface area contributed by atoms with E-state index in [-0.39, 0.29) is 12.1 Å². The Bertz CT molecular complexity index is 267. The van der Waals surface area contributed by atoms with Crippen molar-refractivity contribution in [3.8, 4) is 0 Å². The molecule has 2 N–H and O–H groups in total. The lowest BCUT2D eigenvalue weighted by Crippen LogP contribution is -2.51. The highest BCUT2D eigenvalue weighted by Crippen LogP contribution is 2.31. The topological polar surface area (TPSA) is 41.5 Å². The third-order valence-corrected chi connectivity index (χ3v) is 4.67. The van der Waals surface area contributed by atoms with Crippen molar-refractivity contribution in [3.05, 3.63) is 0 Å². The first-order valence-electron chi connectivity index (χ1n) is 7.52. The summed E-state index contributed by atoms with van der Waals surface area (Å²) in [6, 6.07) is 0.607. The van der Waals surface area contributed by atoms with Gasteiger partial charge in [0.15, 0.2) is 0 Å². The number of hydrogen-bond donors (Lipinski definition) is 2. The van der Waals surface area contributed by atoms with Crippen LogP contribution in [0.5, 0.6) is 0 Å². The van der Waals surface area contributed by atoms with Crippen molar-refractivity contribution in [2.75, 3.05) is 13.2 Å². The van der Waals surface area contributed by atoms with E-state index in [1.807, 2.05) is 0 Å². The number of aliphatic hydroxyl groups is 1. The first-order chi connectivity index (χ1) is 8.52. The Kier molecular flexibility index (Phi) is 4.68. The van der Waals surface area contributed by atoms with E-state index in [1.54, 1.807) is 0 Å². The van der Waals surface area contributed by atoms with E-state index >= 15 is 0 Å². The van der Waals surface area contributed by atoms with Gasteiger partial charge in [-0.1, -0.05) is 13.8 Å². The molecule has 0 radical (unpaired) electrons. The Morgan fingerprint density at radius 2 is 1.89 bits per heavy atom. The lowest BCUT2D eigenvalue weighted by Gasteiger charge is -2.35. The lowest BCUT2D eigenvalue weighted by molar-refractivity contribution is -0.0355. The summed E-state index contributed by atoms with van der Waals surface area (Å²) < 4.78 is 6.06. The Hall–Kier alpha value is -0.120. The minimum absolute atomic E-state index is 0.155. The summed E-state index contributed by atoms with van der Waals surface area (Å²) in [7, 11) is 0. The minimum Gasteiger partial charge on any atom is -0.394 e. The smallest absolute Gasteiger partial charge is 0.0671 e. The molecule has 0 aromatic rings. The Morgan fingerprint density at radius 3 is 2.44 bits per heavy atom. The second-order valence-electron chi connectivity index (χ2n) is 6.84. The molecular weight excluding hydrogens is 226 g/mol. The van der Waals surface area contributed by atoms with E-state index in [9.17, 15) is 5.11 Å². The van der Waals surface area contributed by atoms with Gasteiger partial charge in [0.25, 0.3) is 0 Å². The average molecular weight is 255 g/mol. The maximum atomic E-state index is 9.54. The van der Waals surface area contributed by atoms with Crippen LogP contribution in [0.15, 0.2) is 0 Å². The summed E-state index contributed by atoms with van der Waals surface area (Å²) in [5.74, 6) is 1.60. The molecule has 0 saturated heterocycles. The van der Waals surface area contributed by atoms with Crippen molar-refractivity contribution < 1.29 is 9.84 Å². The second kappa shape index (κ2) is 5.89. The third kappa shape index (κ3) is 3.94. The standard InChI is InChI=1S/C15H29NO2/c1-11-4-7-14(8-12(11)2)18-10-15(3,9-17)16-13-5-6-13/h11-14,16-17H,4-10H2,1-3H3. The van der Waals surface area contributed by atoms with Crippen LogP contribution < -0.4 is 5.32 Å². The van der Waals surface area contributed by atoms with Gasteiger partial charge in [-0.15, -0.1) is 0 Å². The molecule has 18 heavy (non-hydrogen) atoms. The number of nitrogens with one attached hydrogen (secondary N) is 1. The molecule has 0 bridgehead atoms. The van der Waals surface area contributed by atoms with Gasteiger partial charge in [-0.25, -0.2) is 0 Å². The van der Waals surface area contributed by atoms with Gasteiger partial charge in [0.1, 0.15) is 0 Å². The van der Waals surface area contributed by atoms with Crippen LogP contribution in [0.3, 0.4) is 0 Å². The van der Waals surface area contributed by atoms with Gasteiger partial charge in [-0.05, 0) is 50.9 Å². The fourth-order valence-electron chi connectivity index (χ4n) is 2.80. The number of aliphatic hydroxyl groups excluding tert-OH is 1. The largest absolute Gasteiger partial charge is 0.394 e. The zero-order chi connectivity index (χ0) is 13.2. The molecule has 2 rings (SSSR count). The zero-order valence-electron chi connectivity index (χ0n) is 12.1. The van der Waals surface area contributed by atoms with Crippen LogP contribution in [-0.4, -0.2) is 36.0 Å². The van der Waals surface area contributed by atoms with Gasteiger partial charge in [0, 0.05) is 6.04 Å².